The number of nitrogens with zero attached hydrogens (tertiary/aromatic N) is 1. The van der Waals surface area contributed by atoms with Crippen molar-refractivity contribution in [3.05, 3.63) is 71.9 Å². The molecule has 1 aromatic heterocycles. The van der Waals surface area contributed by atoms with Gasteiger partial charge in [0.1, 0.15) is 0 Å². The van der Waals surface area contributed by atoms with Gasteiger partial charge in [0, 0.05) is 29.7 Å². The summed E-state index contributed by atoms with van der Waals surface area (Å²) in [5.41, 5.74) is 2.73. The Morgan fingerprint density at radius 1 is 1.08 bits per heavy atom. The van der Waals surface area contributed by atoms with E-state index in [1.54, 1.807) is 0 Å². The molecule has 2 heterocycles. The molecule has 6 heteroatoms. The lowest BCUT2D eigenvalue weighted by atomic mass is 10.1. The standard InChI is InChI=1S/C20H20N2O3S/c23-20(21-16-10-11-26(24,25)14-16)18-13-22(12-15-6-2-1-3-7-15)19-9-5-4-8-17(18)19/h1-9,13,16H,10-12,14H2,(H,21,23)/t16-/m0/s1. The van der Waals surface area contributed by atoms with Crippen molar-refractivity contribution in [2.75, 3.05) is 11.5 Å². The van der Waals surface area contributed by atoms with E-state index in [9.17, 15) is 13.2 Å². The first-order valence-corrected chi connectivity index (χ1v) is 10.5. The van der Waals surface area contributed by atoms with E-state index in [0.29, 0.717) is 18.5 Å². The summed E-state index contributed by atoms with van der Waals surface area (Å²) in [7, 11) is -3.02. The second-order valence-electron chi connectivity index (χ2n) is 6.75. The van der Waals surface area contributed by atoms with Gasteiger partial charge in [-0.05, 0) is 18.1 Å². The number of benzene rings is 2. The molecule has 1 N–H and O–H groups in total. The number of hydrogen-bond donors (Lipinski definition) is 1. The van der Waals surface area contributed by atoms with E-state index in [-0.39, 0.29) is 23.5 Å². The monoisotopic (exact) mass is 368 g/mol. The lowest BCUT2D eigenvalue weighted by Gasteiger charge is -2.10. The molecule has 1 fully saturated rings. The first kappa shape index (κ1) is 16.8. The van der Waals surface area contributed by atoms with Gasteiger partial charge in [-0.25, -0.2) is 8.42 Å². The fraction of sp³-hybridized carbons (Fsp3) is 0.250. The normalized spacial score (nSPS) is 18.8. The summed E-state index contributed by atoms with van der Waals surface area (Å²) in [6, 6.07) is 17.6. The Labute approximate surface area is 152 Å². The molecule has 134 valence electrons. The molecule has 1 amide bonds. The molecule has 1 saturated heterocycles. The molecule has 2 aromatic carbocycles. The highest BCUT2D eigenvalue weighted by atomic mass is 32.2. The number of hydrogen-bond acceptors (Lipinski definition) is 3. The van der Waals surface area contributed by atoms with Gasteiger partial charge < -0.3 is 9.88 Å². The first-order valence-electron chi connectivity index (χ1n) is 8.65. The van der Waals surface area contributed by atoms with Crippen molar-refractivity contribution in [2.45, 2.75) is 19.0 Å². The quantitative estimate of drug-likeness (QED) is 0.770. The summed E-state index contributed by atoms with van der Waals surface area (Å²) in [6.07, 6.45) is 2.34. The zero-order valence-corrected chi connectivity index (χ0v) is 15.1. The van der Waals surface area contributed by atoms with E-state index in [1.807, 2.05) is 48.7 Å². The Kier molecular flexibility index (Phi) is 4.28. The van der Waals surface area contributed by atoms with Crippen molar-refractivity contribution < 1.29 is 13.2 Å². The predicted molar refractivity (Wildman–Crippen MR) is 102 cm³/mol. The molecule has 0 spiro atoms. The van der Waals surface area contributed by atoms with E-state index >= 15 is 0 Å². The van der Waals surface area contributed by atoms with Crippen molar-refractivity contribution in [1.82, 2.24) is 9.88 Å². The molecule has 3 aromatic rings. The molecular weight excluding hydrogens is 348 g/mol. The predicted octanol–water partition coefficient (Wildman–Crippen LogP) is 2.61. The van der Waals surface area contributed by atoms with Crippen molar-refractivity contribution in [2.24, 2.45) is 0 Å². The molecule has 0 bridgehead atoms. The number of carbonyl (C=O) groups is 1. The third-order valence-corrected chi connectivity index (χ3v) is 6.56. The minimum atomic E-state index is -3.02. The number of rotatable bonds is 4. The topological polar surface area (TPSA) is 68.2 Å². The molecule has 26 heavy (non-hydrogen) atoms. The van der Waals surface area contributed by atoms with Crippen molar-refractivity contribution in [3.63, 3.8) is 0 Å². The highest BCUT2D eigenvalue weighted by Gasteiger charge is 2.29. The lowest BCUT2D eigenvalue weighted by molar-refractivity contribution is 0.0942. The second kappa shape index (κ2) is 6.61. The zero-order valence-electron chi connectivity index (χ0n) is 14.3. The summed E-state index contributed by atoms with van der Waals surface area (Å²) in [5, 5.41) is 3.77. The fourth-order valence-corrected chi connectivity index (χ4v) is 5.18. The van der Waals surface area contributed by atoms with Crippen LogP contribution in [0.15, 0.2) is 60.8 Å². The van der Waals surface area contributed by atoms with Crippen LogP contribution in [0.1, 0.15) is 22.3 Å². The van der Waals surface area contributed by atoms with Gasteiger partial charge >= 0.3 is 0 Å². The number of para-hydroxylation sites is 1. The van der Waals surface area contributed by atoms with E-state index < -0.39 is 9.84 Å². The van der Waals surface area contributed by atoms with E-state index in [0.717, 1.165) is 16.5 Å². The lowest BCUT2D eigenvalue weighted by Crippen LogP contribution is -2.35. The first-order chi connectivity index (χ1) is 12.5. The minimum Gasteiger partial charge on any atom is -0.348 e. The van der Waals surface area contributed by atoms with Crippen LogP contribution < -0.4 is 5.32 Å². The van der Waals surface area contributed by atoms with Gasteiger partial charge in [-0.3, -0.25) is 4.79 Å². The van der Waals surface area contributed by atoms with Crippen LogP contribution in [-0.2, 0) is 16.4 Å². The summed E-state index contributed by atoms with van der Waals surface area (Å²) < 4.78 is 25.3. The van der Waals surface area contributed by atoms with Crippen LogP contribution in [0.4, 0.5) is 0 Å². The van der Waals surface area contributed by atoms with Gasteiger partial charge in [0.05, 0.1) is 17.1 Å². The van der Waals surface area contributed by atoms with Gasteiger partial charge in [-0.15, -0.1) is 0 Å². The van der Waals surface area contributed by atoms with Crippen molar-refractivity contribution in [3.8, 4) is 0 Å². The van der Waals surface area contributed by atoms with Crippen molar-refractivity contribution >= 4 is 26.6 Å². The smallest absolute Gasteiger partial charge is 0.253 e. The Balaban J connectivity index is 1.64. The number of carbonyl (C=O) groups excluding carboxylic acids is 1. The number of fused-ring (bicyclic) bond motifs is 1. The zero-order chi connectivity index (χ0) is 18.1. The molecule has 1 aliphatic rings. The highest BCUT2D eigenvalue weighted by Crippen LogP contribution is 2.23. The maximum absolute atomic E-state index is 12.8. The number of nitrogens with one attached hydrogen (secondary N) is 1. The molecular formula is C20H20N2O3S. The van der Waals surface area contributed by atoms with Gasteiger partial charge in [0.15, 0.2) is 9.84 Å². The number of aromatic nitrogens is 1. The minimum absolute atomic E-state index is 0.0292. The number of sulfone groups is 1. The van der Waals surface area contributed by atoms with Crippen molar-refractivity contribution in [1.29, 1.82) is 0 Å². The molecule has 0 unspecified atom stereocenters. The Morgan fingerprint density at radius 3 is 2.54 bits per heavy atom. The molecule has 0 saturated carbocycles. The maximum atomic E-state index is 12.8. The van der Waals surface area contributed by atoms with Gasteiger partial charge in [-0.1, -0.05) is 48.5 Å². The fourth-order valence-electron chi connectivity index (χ4n) is 3.51. The van der Waals surface area contributed by atoms with Crippen LogP contribution in [0, 0.1) is 0 Å². The molecule has 5 nitrogen and oxygen atoms in total. The summed E-state index contributed by atoms with van der Waals surface area (Å²) >= 11 is 0. The molecule has 4 rings (SSSR count). The Bertz CT molecular complexity index is 1060. The summed E-state index contributed by atoms with van der Waals surface area (Å²) in [6.45, 7) is 0.673. The van der Waals surface area contributed by atoms with Gasteiger partial charge in [0.2, 0.25) is 0 Å². The van der Waals surface area contributed by atoms with E-state index in [4.69, 9.17) is 0 Å². The van der Waals surface area contributed by atoms with Crippen LogP contribution in [0.2, 0.25) is 0 Å². The molecule has 1 atom stereocenters. The Morgan fingerprint density at radius 2 is 1.81 bits per heavy atom. The largest absolute Gasteiger partial charge is 0.348 e. The third-order valence-electron chi connectivity index (χ3n) is 4.80. The van der Waals surface area contributed by atoms with Crippen LogP contribution in [0.3, 0.4) is 0 Å². The van der Waals surface area contributed by atoms with E-state index in [2.05, 4.69) is 22.0 Å². The highest BCUT2D eigenvalue weighted by molar-refractivity contribution is 7.91. The SMILES string of the molecule is O=C(N[C@H]1CCS(=O)(=O)C1)c1cn(Cc2ccccc2)c2ccccc12. The maximum Gasteiger partial charge on any atom is 0.253 e. The van der Waals surface area contributed by atoms with Crippen LogP contribution in [0.25, 0.3) is 10.9 Å². The summed E-state index contributed by atoms with van der Waals surface area (Å²) in [5.74, 6) is -0.0372. The third kappa shape index (κ3) is 3.37. The van der Waals surface area contributed by atoms with Gasteiger partial charge in [-0.2, -0.15) is 0 Å². The van der Waals surface area contributed by atoms with Crippen LogP contribution in [0.5, 0.6) is 0 Å². The molecule has 0 radical (unpaired) electrons. The number of amides is 1. The van der Waals surface area contributed by atoms with Crippen LogP contribution >= 0.6 is 0 Å². The average Bonchev–Trinajstić information content (AvgIpc) is 3.16. The van der Waals surface area contributed by atoms with Gasteiger partial charge in [0.25, 0.3) is 5.91 Å². The second-order valence-corrected chi connectivity index (χ2v) is 8.98. The Hall–Kier alpha value is -2.60. The van der Waals surface area contributed by atoms with E-state index in [1.165, 1.54) is 0 Å². The summed E-state index contributed by atoms with van der Waals surface area (Å²) in [4.78, 5) is 12.8. The average molecular weight is 368 g/mol. The molecule has 0 aliphatic carbocycles. The molecule has 1 aliphatic heterocycles. The van der Waals surface area contributed by atoms with Crippen LogP contribution in [-0.4, -0.2) is 36.4 Å².